The van der Waals surface area contributed by atoms with Crippen LogP contribution in [0.5, 0.6) is 5.75 Å². The number of ether oxygens (including phenoxy) is 1. The number of amides is 1. The summed E-state index contributed by atoms with van der Waals surface area (Å²) >= 11 is 0. The van der Waals surface area contributed by atoms with Gasteiger partial charge in [-0.05, 0) is 37.5 Å². The van der Waals surface area contributed by atoms with E-state index in [-0.39, 0.29) is 11.9 Å². The number of carbonyl (C=O) groups is 1. The maximum atomic E-state index is 13.1. The molecule has 0 aliphatic carbocycles. The standard InChI is InChI=1S/C22H22N2O3/c1-15-9-11-16(12-10-15)19-7-5-13-24(19)22(25)18-14-21(27-23-18)17-6-3-4-8-20(17)26-2/h3-4,6,8-12,14,19H,5,7,13H2,1-2H3. The van der Waals surface area contributed by atoms with E-state index in [1.807, 2.05) is 29.2 Å². The van der Waals surface area contributed by atoms with Crippen LogP contribution in [0.25, 0.3) is 11.3 Å². The van der Waals surface area contributed by atoms with E-state index in [0.29, 0.717) is 17.2 Å². The number of rotatable bonds is 4. The quantitative estimate of drug-likeness (QED) is 0.679. The van der Waals surface area contributed by atoms with E-state index in [9.17, 15) is 4.79 Å². The van der Waals surface area contributed by atoms with E-state index in [1.54, 1.807) is 13.2 Å². The molecular formula is C22H22N2O3. The Balaban J connectivity index is 1.59. The fourth-order valence-corrected chi connectivity index (χ4v) is 3.64. The minimum atomic E-state index is -0.0945. The summed E-state index contributed by atoms with van der Waals surface area (Å²) in [7, 11) is 1.61. The zero-order valence-electron chi connectivity index (χ0n) is 15.5. The van der Waals surface area contributed by atoms with Gasteiger partial charge in [-0.1, -0.05) is 47.1 Å². The molecule has 1 unspecified atom stereocenters. The molecule has 0 radical (unpaired) electrons. The molecule has 138 valence electrons. The van der Waals surface area contributed by atoms with Crippen molar-refractivity contribution in [1.29, 1.82) is 0 Å². The Morgan fingerprint density at radius 2 is 1.96 bits per heavy atom. The Bertz CT molecular complexity index is 946. The maximum Gasteiger partial charge on any atom is 0.276 e. The first-order chi connectivity index (χ1) is 13.2. The number of aromatic nitrogens is 1. The molecule has 27 heavy (non-hydrogen) atoms. The molecule has 1 fully saturated rings. The average Bonchev–Trinajstić information content (AvgIpc) is 3.38. The smallest absolute Gasteiger partial charge is 0.276 e. The van der Waals surface area contributed by atoms with Crippen molar-refractivity contribution in [2.45, 2.75) is 25.8 Å². The Kier molecular flexibility index (Phi) is 4.67. The lowest BCUT2D eigenvalue weighted by Gasteiger charge is -2.24. The van der Waals surface area contributed by atoms with Gasteiger partial charge in [0.2, 0.25) is 0 Å². The molecule has 0 bridgehead atoms. The summed E-state index contributed by atoms with van der Waals surface area (Å²) in [6.07, 6.45) is 1.95. The largest absolute Gasteiger partial charge is 0.496 e. The molecule has 3 aromatic rings. The number of para-hydroxylation sites is 1. The third-order valence-electron chi connectivity index (χ3n) is 5.08. The molecule has 5 heteroatoms. The molecule has 1 saturated heterocycles. The lowest BCUT2D eigenvalue weighted by molar-refractivity contribution is 0.0725. The molecule has 1 aromatic heterocycles. The fourth-order valence-electron chi connectivity index (χ4n) is 3.64. The van der Waals surface area contributed by atoms with Gasteiger partial charge in [-0.15, -0.1) is 0 Å². The van der Waals surface area contributed by atoms with Crippen LogP contribution in [0.15, 0.2) is 59.1 Å². The predicted octanol–water partition coefficient (Wildman–Crippen LogP) is 4.64. The fraction of sp³-hybridized carbons (Fsp3) is 0.273. The maximum absolute atomic E-state index is 13.1. The second-order valence-corrected chi connectivity index (χ2v) is 6.84. The van der Waals surface area contributed by atoms with Crippen LogP contribution < -0.4 is 4.74 Å². The van der Waals surface area contributed by atoms with Crippen molar-refractivity contribution >= 4 is 5.91 Å². The van der Waals surface area contributed by atoms with Gasteiger partial charge in [0.25, 0.3) is 5.91 Å². The van der Waals surface area contributed by atoms with Gasteiger partial charge in [-0.3, -0.25) is 4.79 Å². The monoisotopic (exact) mass is 362 g/mol. The minimum Gasteiger partial charge on any atom is -0.496 e. The van der Waals surface area contributed by atoms with Crippen molar-refractivity contribution in [3.63, 3.8) is 0 Å². The third kappa shape index (κ3) is 3.33. The molecule has 1 amide bonds. The van der Waals surface area contributed by atoms with Crippen LogP contribution >= 0.6 is 0 Å². The molecule has 2 heterocycles. The first-order valence-electron chi connectivity index (χ1n) is 9.15. The van der Waals surface area contributed by atoms with Crippen LogP contribution in [0.2, 0.25) is 0 Å². The van der Waals surface area contributed by atoms with E-state index in [2.05, 4.69) is 36.3 Å². The van der Waals surface area contributed by atoms with Crippen molar-refractivity contribution < 1.29 is 14.1 Å². The lowest BCUT2D eigenvalue weighted by atomic mass is 10.0. The highest BCUT2D eigenvalue weighted by Crippen LogP contribution is 2.34. The second kappa shape index (κ2) is 7.27. The third-order valence-corrected chi connectivity index (χ3v) is 5.08. The summed E-state index contributed by atoms with van der Waals surface area (Å²) in [5, 5.41) is 4.03. The van der Waals surface area contributed by atoms with Crippen molar-refractivity contribution in [2.24, 2.45) is 0 Å². The number of aryl methyl sites for hydroxylation is 1. The van der Waals surface area contributed by atoms with Gasteiger partial charge >= 0.3 is 0 Å². The highest BCUT2D eigenvalue weighted by atomic mass is 16.5. The van der Waals surface area contributed by atoms with E-state index in [0.717, 1.165) is 24.9 Å². The van der Waals surface area contributed by atoms with Crippen LogP contribution in [0.1, 0.15) is 40.5 Å². The van der Waals surface area contributed by atoms with Crippen LogP contribution in [-0.4, -0.2) is 29.6 Å². The van der Waals surface area contributed by atoms with Crippen molar-refractivity contribution in [3.05, 3.63) is 71.4 Å². The van der Waals surface area contributed by atoms with E-state index in [4.69, 9.17) is 9.26 Å². The Hall–Kier alpha value is -3.08. The molecule has 4 rings (SSSR count). The van der Waals surface area contributed by atoms with Crippen LogP contribution in [-0.2, 0) is 0 Å². The van der Waals surface area contributed by atoms with E-state index >= 15 is 0 Å². The van der Waals surface area contributed by atoms with Gasteiger partial charge in [-0.2, -0.15) is 0 Å². The number of nitrogens with zero attached hydrogens (tertiary/aromatic N) is 2. The first-order valence-corrected chi connectivity index (χ1v) is 9.15. The van der Waals surface area contributed by atoms with E-state index in [1.165, 1.54) is 11.1 Å². The lowest BCUT2D eigenvalue weighted by Crippen LogP contribution is -2.30. The molecule has 2 aromatic carbocycles. The Morgan fingerprint density at radius 3 is 2.74 bits per heavy atom. The number of methoxy groups -OCH3 is 1. The predicted molar refractivity (Wildman–Crippen MR) is 103 cm³/mol. The van der Waals surface area contributed by atoms with Gasteiger partial charge in [-0.25, -0.2) is 0 Å². The number of benzene rings is 2. The number of carbonyl (C=O) groups excluding carboxylic acids is 1. The summed E-state index contributed by atoms with van der Waals surface area (Å²) < 4.78 is 10.8. The number of hydrogen-bond acceptors (Lipinski definition) is 4. The number of hydrogen-bond donors (Lipinski definition) is 0. The summed E-state index contributed by atoms with van der Waals surface area (Å²) in [5.74, 6) is 1.12. The topological polar surface area (TPSA) is 55.6 Å². The normalized spacial score (nSPS) is 16.5. The zero-order chi connectivity index (χ0) is 18.8. The van der Waals surface area contributed by atoms with Gasteiger partial charge < -0.3 is 14.2 Å². The van der Waals surface area contributed by atoms with E-state index < -0.39 is 0 Å². The highest BCUT2D eigenvalue weighted by molar-refractivity contribution is 5.93. The molecule has 0 N–H and O–H groups in total. The van der Waals surface area contributed by atoms with Crippen molar-refractivity contribution in [3.8, 4) is 17.1 Å². The SMILES string of the molecule is COc1ccccc1-c1cc(C(=O)N2CCCC2c2ccc(C)cc2)no1. The summed E-state index contributed by atoms with van der Waals surface area (Å²) in [6.45, 7) is 2.80. The molecule has 1 aliphatic heterocycles. The summed E-state index contributed by atoms with van der Waals surface area (Å²) in [6, 6.07) is 17.7. The van der Waals surface area contributed by atoms with Crippen LogP contribution in [0.4, 0.5) is 0 Å². The van der Waals surface area contributed by atoms with Gasteiger partial charge in [0.05, 0.1) is 18.7 Å². The zero-order valence-corrected chi connectivity index (χ0v) is 15.5. The number of likely N-dealkylation sites (tertiary alicyclic amines) is 1. The molecule has 1 atom stereocenters. The summed E-state index contributed by atoms with van der Waals surface area (Å²) in [4.78, 5) is 15.0. The molecule has 1 aliphatic rings. The highest BCUT2D eigenvalue weighted by Gasteiger charge is 2.32. The average molecular weight is 362 g/mol. The minimum absolute atomic E-state index is 0.0875. The van der Waals surface area contributed by atoms with Crippen molar-refractivity contribution in [2.75, 3.05) is 13.7 Å². The van der Waals surface area contributed by atoms with Crippen LogP contribution in [0.3, 0.4) is 0 Å². The summed E-state index contributed by atoms with van der Waals surface area (Å²) in [5.41, 5.74) is 3.49. The molecular weight excluding hydrogens is 340 g/mol. The Morgan fingerprint density at radius 1 is 1.19 bits per heavy atom. The van der Waals surface area contributed by atoms with Gasteiger partial charge in [0, 0.05) is 12.6 Å². The molecule has 5 nitrogen and oxygen atoms in total. The Labute approximate surface area is 158 Å². The molecule has 0 spiro atoms. The van der Waals surface area contributed by atoms with Crippen molar-refractivity contribution in [1.82, 2.24) is 10.1 Å². The second-order valence-electron chi connectivity index (χ2n) is 6.84. The van der Waals surface area contributed by atoms with Crippen LogP contribution in [0, 0.1) is 6.92 Å². The molecule has 0 saturated carbocycles. The first kappa shape index (κ1) is 17.3. The van der Waals surface area contributed by atoms with Gasteiger partial charge in [0.1, 0.15) is 5.75 Å². The van der Waals surface area contributed by atoms with Gasteiger partial charge in [0.15, 0.2) is 11.5 Å².